The van der Waals surface area contributed by atoms with Crippen molar-refractivity contribution in [2.24, 2.45) is 0 Å². The Hall–Kier alpha value is -0.780. The van der Waals surface area contributed by atoms with Crippen LogP contribution in [0.5, 0.6) is 0 Å². The van der Waals surface area contributed by atoms with Crippen LogP contribution in [0.2, 0.25) is 0 Å². The van der Waals surface area contributed by atoms with Crippen LogP contribution >= 0.6 is 0 Å². The van der Waals surface area contributed by atoms with Crippen molar-refractivity contribution in [1.29, 1.82) is 0 Å². The minimum absolute atomic E-state index is 1.09. The summed E-state index contributed by atoms with van der Waals surface area (Å²) in [5, 5.41) is 0. The number of allylic oxidation sites excluding steroid dienone is 5. The molecule has 0 aliphatic carbocycles. The molecule has 0 radical (unpaired) electrons. The lowest BCUT2D eigenvalue weighted by Gasteiger charge is -1.78. The molecule has 0 N–H and O–H groups in total. The molecule has 0 heteroatoms. The Labute approximate surface area is 51.2 Å². The molecule has 0 aliphatic heterocycles. The van der Waals surface area contributed by atoms with E-state index in [9.17, 15) is 0 Å². The first-order valence-electron chi connectivity index (χ1n) is 2.72. The van der Waals surface area contributed by atoms with Gasteiger partial charge >= 0.3 is 0 Å². The quantitative estimate of drug-likeness (QED) is 0.477. The Morgan fingerprint density at radius 2 is 2.00 bits per heavy atom. The highest BCUT2D eigenvalue weighted by atomic mass is 13.7. The Morgan fingerprint density at radius 1 is 1.38 bits per heavy atom. The van der Waals surface area contributed by atoms with Gasteiger partial charge in [0.1, 0.15) is 0 Å². The van der Waals surface area contributed by atoms with Gasteiger partial charge in [-0.15, -0.1) is 0 Å². The van der Waals surface area contributed by atoms with E-state index in [0.717, 1.165) is 5.57 Å². The molecule has 0 saturated carbocycles. The Morgan fingerprint density at radius 3 is 2.38 bits per heavy atom. The average Bonchev–Trinajstić information content (AvgIpc) is 1.66. The summed E-state index contributed by atoms with van der Waals surface area (Å²) >= 11 is 0. The fourth-order valence-electron chi connectivity index (χ4n) is 0.331. The summed E-state index contributed by atoms with van der Waals surface area (Å²) < 4.78 is 0. The molecule has 0 unspecified atom stereocenters. The fraction of sp³-hybridized carbons (Fsp3) is 0.250. The zero-order chi connectivity index (χ0) is 6.41. The minimum atomic E-state index is 1.09. The summed E-state index contributed by atoms with van der Waals surface area (Å²) in [7, 11) is 0. The lowest BCUT2D eigenvalue weighted by atomic mass is 10.3. The summed E-state index contributed by atoms with van der Waals surface area (Å²) in [6, 6.07) is 0. The maximum Gasteiger partial charge on any atom is -0.0404 e. The van der Waals surface area contributed by atoms with E-state index in [1.807, 2.05) is 38.2 Å². The molecule has 0 aliphatic rings. The molecule has 0 heterocycles. The van der Waals surface area contributed by atoms with Crippen molar-refractivity contribution in [2.45, 2.75) is 13.8 Å². The highest BCUT2D eigenvalue weighted by Gasteiger charge is 1.66. The Bertz CT molecular complexity index is 116. The van der Waals surface area contributed by atoms with Gasteiger partial charge in [0.2, 0.25) is 0 Å². The lowest BCUT2D eigenvalue weighted by molar-refractivity contribution is 1.56. The first-order chi connectivity index (χ1) is 3.77. The molecule has 0 rings (SSSR count). The largest absolute Gasteiger partial charge is 0.0961 e. The first-order valence-corrected chi connectivity index (χ1v) is 2.72. The average molecular weight is 108 g/mol. The van der Waals surface area contributed by atoms with Gasteiger partial charge in [-0.1, -0.05) is 36.5 Å². The molecule has 0 fully saturated rings. The zero-order valence-corrected chi connectivity index (χ0v) is 5.52. The van der Waals surface area contributed by atoms with Crippen molar-refractivity contribution < 1.29 is 0 Å². The Kier molecular flexibility index (Phi) is 3.95. The first kappa shape index (κ1) is 7.22. The van der Waals surface area contributed by atoms with Crippen molar-refractivity contribution in [3.05, 3.63) is 36.5 Å². The maximum absolute atomic E-state index is 3.71. The van der Waals surface area contributed by atoms with E-state index in [0.29, 0.717) is 0 Å². The molecule has 0 nitrogen and oxygen atoms in total. The van der Waals surface area contributed by atoms with Crippen molar-refractivity contribution in [3.8, 4) is 0 Å². The predicted octanol–water partition coefficient (Wildman–Crippen LogP) is 2.69. The highest BCUT2D eigenvalue weighted by Crippen LogP contribution is 1.88. The molecule has 0 saturated heterocycles. The third kappa shape index (κ3) is 5.22. The molecule has 0 aromatic rings. The smallest absolute Gasteiger partial charge is 0.0404 e. The van der Waals surface area contributed by atoms with Gasteiger partial charge in [-0.25, -0.2) is 0 Å². The molecule has 0 amide bonds. The number of rotatable bonds is 2. The summed E-state index contributed by atoms with van der Waals surface area (Å²) in [6.07, 6.45) is 7.91. The summed E-state index contributed by atoms with van der Waals surface area (Å²) in [6.45, 7) is 7.67. The molecule has 0 aromatic heterocycles. The van der Waals surface area contributed by atoms with Gasteiger partial charge in [0.15, 0.2) is 0 Å². The van der Waals surface area contributed by atoms with Gasteiger partial charge < -0.3 is 0 Å². The Balaban J connectivity index is 3.50. The molecule has 0 aromatic carbocycles. The van der Waals surface area contributed by atoms with Crippen molar-refractivity contribution >= 4 is 0 Å². The predicted molar refractivity (Wildman–Crippen MR) is 38.8 cm³/mol. The minimum Gasteiger partial charge on any atom is -0.0961 e. The number of hydrogen-bond donors (Lipinski definition) is 0. The summed E-state index contributed by atoms with van der Waals surface area (Å²) in [5.41, 5.74) is 1.09. The molecule has 0 bridgehead atoms. The summed E-state index contributed by atoms with van der Waals surface area (Å²) in [4.78, 5) is 0. The molecule has 0 spiro atoms. The van der Waals surface area contributed by atoms with Gasteiger partial charge in [-0.05, 0) is 13.8 Å². The molecule has 44 valence electrons. The molecule has 8 heavy (non-hydrogen) atoms. The highest BCUT2D eigenvalue weighted by molar-refractivity contribution is 5.16. The second-order valence-electron chi connectivity index (χ2n) is 1.73. The van der Waals surface area contributed by atoms with E-state index in [1.54, 1.807) is 0 Å². The van der Waals surface area contributed by atoms with Crippen LogP contribution in [-0.4, -0.2) is 0 Å². The zero-order valence-electron chi connectivity index (χ0n) is 5.52. The van der Waals surface area contributed by atoms with Gasteiger partial charge in [-0.3, -0.25) is 0 Å². The van der Waals surface area contributed by atoms with Crippen LogP contribution in [0.4, 0.5) is 0 Å². The van der Waals surface area contributed by atoms with Gasteiger partial charge in [0, 0.05) is 0 Å². The van der Waals surface area contributed by atoms with Crippen LogP contribution < -0.4 is 0 Å². The second kappa shape index (κ2) is 4.38. The van der Waals surface area contributed by atoms with Crippen LogP contribution in [0.3, 0.4) is 0 Å². The standard InChI is InChI=1S/C8H12/c1-4-5-6-7-8(2)3/h4-7H,2H2,1,3H3/b5-4+,7-6+. The summed E-state index contributed by atoms with van der Waals surface area (Å²) in [5.74, 6) is 0. The van der Waals surface area contributed by atoms with Crippen LogP contribution in [0.25, 0.3) is 0 Å². The van der Waals surface area contributed by atoms with E-state index in [2.05, 4.69) is 6.58 Å². The maximum atomic E-state index is 3.71. The van der Waals surface area contributed by atoms with E-state index < -0.39 is 0 Å². The topological polar surface area (TPSA) is 0 Å². The van der Waals surface area contributed by atoms with Crippen LogP contribution in [0.1, 0.15) is 13.8 Å². The molecular weight excluding hydrogens is 96.1 g/mol. The lowest BCUT2D eigenvalue weighted by Crippen LogP contribution is -1.56. The SMILES string of the molecule is C=C(C)/C=C/C=C/C. The third-order valence-corrected chi connectivity index (χ3v) is 0.684. The van der Waals surface area contributed by atoms with Crippen molar-refractivity contribution in [2.75, 3.05) is 0 Å². The monoisotopic (exact) mass is 108 g/mol. The molecular formula is C8H12. The van der Waals surface area contributed by atoms with Gasteiger partial charge in [0.25, 0.3) is 0 Å². The van der Waals surface area contributed by atoms with Crippen LogP contribution in [0, 0.1) is 0 Å². The van der Waals surface area contributed by atoms with E-state index in [-0.39, 0.29) is 0 Å². The van der Waals surface area contributed by atoms with Gasteiger partial charge in [0.05, 0.1) is 0 Å². The van der Waals surface area contributed by atoms with Gasteiger partial charge in [-0.2, -0.15) is 0 Å². The van der Waals surface area contributed by atoms with E-state index in [1.165, 1.54) is 0 Å². The third-order valence-electron chi connectivity index (χ3n) is 0.684. The number of hydrogen-bond acceptors (Lipinski definition) is 0. The second-order valence-corrected chi connectivity index (χ2v) is 1.73. The van der Waals surface area contributed by atoms with Crippen LogP contribution in [0.15, 0.2) is 36.5 Å². The van der Waals surface area contributed by atoms with E-state index >= 15 is 0 Å². The van der Waals surface area contributed by atoms with E-state index in [4.69, 9.17) is 0 Å². The van der Waals surface area contributed by atoms with Crippen molar-refractivity contribution in [1.82, 2.24) is 0 Å². The molecule has 0 atom stereocenters. The van der Waals surface area contributed by atoms with Crippen molar-refractivity contribution in [3.63, 3.8) is 0 Å². The fourth-order valence-corrected chi connectivity index (χ4v) is 0.331. The normalized spacial score (nSPS) is 11.2. The van der Waals surface area contributed by atoms with Crippen LogP contribution in [-0.2, 0) is 0 Å².